The number of aromatic amines is 1. The topological polar surface area (TPSA) is 69.3 Å². The molecule has 6 nitrogen and oxygen atoms in total. The van der Waals surface area contributed by atoms with Gasteiger partial charge in [0, 0.05) is 31.7 Å². The second-order valence-corrected chi connectivity index (χ2v) is 6.96. The first-order chi connectivity index (χ1) is 13.1. The minimum absolute atomic E-state index is 0.0291. The lowest BCUT2D eigenvalue weighted by molar-refractivity contribution is 0.0719. The third-order valence-corrected chi connectivity index (χ3v) is 5.17. The van der Waals surface area contributed by atoms with Crippen molar-refractivity contribution in [1.29, 1.82) is 0 Å². The Balaban J connectivity index is 1.47. The number of nitrogens with one attached hydrogen (secondary N) is 1. The predicted molar refractivity (Wildman–Crippen MR) is 104 cm³/mol. The number of fused-ring (bicyclic) bond motifs is 1. The summed E-state index contributed by atoms with van der Waals surface area (Å²) < 4.78 is 0. The zero-order valence-electron chi connectivity index (χ0n) is 14.7. The lowest BCUT2D eigenvalue weighted by atomic mass is 10.1. The number of benzene rings is 2. The molecule has 0 saturated carbocycles. The Bertz CT molecular complexity index is 1000. The van der Waals surface area contributed by atoms with E-state index in [0.29, 0.717) is 42.3 Å². The number of rotatable bonds is 2. The van der Waals surface area contributed by atoms with Crippen molar-refractivity contribution in [3.8, 4) is 0 Å². The van der Waals surface area contributed by atoms with E-state index in [4.69, 9.17) is 11.6 Å². The molecule has 0 bridgehead atoms. The van der Waals surface area contributed by atoms with E-state index in [2.05, 4.69) is 9.97 Å². The average Bonchev–Trinajstić information content (AvgIpc) is 3.02. The highest BCUT2D eigenvalue weighted by Crippen LogP contribution is 2.19. The standard InChI is InChI=1S/C20H19ClN4O2/c21-16-5-2-1-4-15(16)20(27)25-9-3-8-24(10-11-25)19(26)14-6-7-17-18(12-14)23-13-22-17/h1-2,4-7,12-13H,3,8-11H2,(H,22,23). The highest BCUT2D eigenvalue weighted by Gasteiger charge is 2.24. The summed E-state index contributed by atoms with van der Waals surface area (Å²) in [5.41, 5.74) is 2.80. The van der Waals surface area contributed by atoms with Crippen molar-refractivity contribution in [2.75, 3.05) is 26.2 Å². The maximum absolute atomic E-state index is 12.9. The highest BCUT2D eigenvalue weighted by atomic mass is 35.5. The monoisotopic (exact) mass is 382 g/mol. The fourth-order valence-electron chi connectivity index (χ4n) is 3.38. The molecule has 1 fully saturated rings. The van der Waals surface area contributed by atoms with Crippen LogP contribution >= 0.6 is 11.6 Å². The number of nitrogens with zero attached hydrogens (tertiary/aromatic N) is 3. The van der Waals surface area contributed by atoms with Crippen LogP contribution in [0.2, 0.25) is 5.02 Å². The van der Waals surface area contributed by atoms with Gasteiger partial charge in [0.05, 0.1) is 27.9 Å². The summed E-state index contributed by atoms with van der Waals surface area (Å²) in [4.78, 5) is 36.4. The number of H-pyrrole nitrogens is 1. The molecule has 1 N–H and O–H groups in total. The lowest BCUT2D eigenvalue weighted by Gasteiger charge is -2.22. The van der Waals surface area contributed by atoms with E-state index in [1.807, 2.05) is 12.1 Å². The zero-order valence-corrected chi connectivity index (χ0v) is 15.4. The van der Waals surface area contributed by atoms with Crippen molar-refractivity contribution >= 4 is 34.4 Å². The smallest absolute Gasteiger partial charge is 0.255 e. The summed E-state index contributed by atoms with van der Waals surface area (Å²) in [7, 11) is 0. The fraction of sp³-hybridized carbons (Fsp3) is 0.250. The van der Waals surface area contributed by atoms with E-state index in [1.54, 1.807) is 46.5 Å². The van der Waals surface area contributed by atoms with Gasteiger partial charge >= 0.3 is 0 Å². The van der Waals surface area contributed by atoms with Gasteiger partial charge in [0.1, 0.15) is 0 Å². The number of amides is 2. The summed E-state index contributed by atoms with van der Waals surface area (Å²) in [6.07, 6.45) is 2.34. The van der Waals surface area contributed by atoms with Crippen molar-refractivity contribution < 1.29 is 9.59 Å². The molecular formula is C20H19ClN4O2. The quantitative estimate of drug-likeness (QED) is 0.740. The van der Waals surface area contributed by atoms with Crippen molar-refractivity contribution in [3.63, 3.8) is 0 Å². The van der Waals surface area contributed by atoms with Gasteiger partial charge in [-0.1, -0.05) is 23.7 Å². The van der Waals surface area contributed by atoms with Crippen molar-refractivity contribution in [2.45, 2.75) is 6.42 Å². The fourth-order valence-corrected chi connectivity index (χ4v) is 3.60. The molecule has 0 spiro atoms. The van der Waals surface area contributed by atoms with Crippen LogP contribution in [0.5, 0.6) is 0 Å². The van der Waals surface area contributed by atoms with Crippen molar-refractivity contribution in [3.05, 3.63) is 64.9 Å². The average molecular weight is 383 g/mol. The van der Waals surface area contributed by atoms with Gasteiger partial charge in [-0.3, -0.25) is 9.59 Å². The van der Waals surface area contributed by atoms with Gasteiger partial charge in [0.25, 0.3) is 11.8 Å². The Morgan fingerprint density at radius 1 is 0.963 bits per heavy atom. The van der Waals surface area contributed by atoms with Crippen LogP contribution in [0.3, 0.4) is 0 Å². The molecule has 7 heteroatoms. The first-order valence-corrected chi connectivity index (χ1v) is 9.27. The molecule has 3 aromatic rings. The molecule has 0 aliphatic carbocycles. The SMILES string of the molecule is O=C(c1ccc2nc[nH]c2c1)N1CCCN(C(=O)c2ccccc2Cl)CC1. The molecule has 0 atom stereocenters. The Hall–Kier alpha value is -2.86. The van der Waals surface area contributed by atoms with Gasteiger partial charge in [0.15, 0.2) is 0 Å². The van der Waals surface area contributed by atoms with Gasteiger partial charge < -0.3 is 14.8 Å². The van der Waals surface area contributed by atoms with E-state index in [1.165, 1.54) is 0 Å². The molecule has 2 heterocycles. The molecule has 1 aliphatic heterocycles. The van der Waals surface area contributed by atoms with Gasteiger partial charge in [0.2, 0.25) is 0 Å². The second-order valence-electron chi connectivity index (χ2n) is 6.55. The number of halogens is 1. The van der Waals surface area contributed by atoms with Crippen LogP contribution in [0.1, 0.15) is 27.1 Å². The molecule has 1 saturated heterocycles. The molecule has 27 heavy (non-hydrogen) atoms. The van der Waals surface area contributed by atoms with E-state index in [-0.39, 0.29) is 11.8 Å². The number of hydrogen-bond donors (Lipinski definition) is 1. The molecule has 1 aromatic heterocycles. The van der Waals surface area contributed by atoms with Crippen LogP contribution in [0, 0.1) is 0 Å². The zero-order chi connectivity index (χ0) is 18.8. The minimum Gasteiger partial charge on any atom is -0.345 e. The van der Waals surface area contributed by atoms with Crippen LogP contribution in [0.25, 0.3) is 11.0 Å². The Kier molecular flexibility index (Phi) is 4.81. The summed E-state index contributed by atoms with van der Waals surface area (Å²) >= 11 is 6.16. The minimum atomic E-state index is -0.0891. The number of carbonyl (C=O) groups is 2. The number of carbonyl (C=O) groups excluding carboxylic acids is 2. The third-order valence-electron chi connectivity index (χ3n) is 4.84. The largest absolute Gasteiger partial charge is 0.345 e. The first-order valence-electron chi connectivity index (χ1n) is 8.90. The van der Waals surface area contributed by atoms with Gasteiger partial charge in [-0.25, -0.2) is 4.98 Å². The summed E-state index contributed by atoms with van der Waals surface area (Å²) in [6, 6.07) is 12.5. The molecule has 0 unspecified atom stereocenters. The molecule has 2 aromatic carbocycles. The van der Waals surface area contributed by atoms with E-state index >= 15 is 0 Å². The van der Waals surface area contributed by atoms with E-state index < -0.39 is 0 Å². The van der Waals surface area contributed by atoms with Crippen LogP contribution < -0.4 is 0 Å². The summed E-state index contributed by atoms with van der Waals surface area (Å²) in [5, 5.41) is 0.451. The van der Waals surface area contributed by atoms with Gasteiger partial charge in [-0.05, 0) is 36.8 Å². The molecule has 1 aliphatic rings. The maximum atomic E-state index is 12.9. The maximum Gasteiger partial charge on any atom is 0.255 e. The van der Waals surface area contributed by atoms with Gasteiger partial charge in [-0.2, -0.15) is 0 Å². The third kappa shape index (κ3) is 3.53. The van der Waals surface area contributed by atoms with E-state index in [9.17, 15) is 9.59 Å². The Morgan fingerprint density at radius 3 is 2.48 bits per heavy atom. The van der Waals surface area contributed by atoms with Crippen LogP contribution in [-0.4, -0.2) is 57.8 Å². The Morgan fingerprint density at radius 2 is 1.70 bits per heavy atom. The molecule has 0 radical (unpaired) electrons. The van der Waals surface area contributed by atoms with Gasteiger partial charge in [-0.15, -0.1) is 0 Å². The summed E-state index contributed by atoms with van der Waals surface area (Å²) in [5.74, 6) is -0.118. The van der Waals surface area contributed by atoms with Crippen molar-refractivity contribution in [2.24, 2.45) is 0 Å². The normalized spacial score (nSPS) is 15.0. The van der Waals surface area contributed by atoms with E-state index in [0.717, 1.165) is 17.5 Å². The first kappa shape index (κ1) is 17.5. The molecule has 2 amide bonds. The number of aromatic nitrogens is 2. The highest BCUT2D eigenvalue weighted by molar-refractivity contribution is 6.33. The summed E-state index contributed by atoms with van der Waals surface area (Å²) in [6.45, 7) is 2.21. The predicted octanol–water partition coefficient (Wildman–Crippen LogP) is 3.20. The molecule has 4 rings (SSSR count). The van der Waals surface area contributed by atoms with Crippen LogP contribution in [0.15, 0.2) is 48.8 Å². The van der Waals surface area contributed by atoms with Crippen molar-refractivity contribution in [1.82, 2.24) is 19.8 Å². The Labute approximate surface area is 161 Å². The van der Waals surface area contributed by atoms with Crippen LogP contribution in [0.4, 0.5) is 0 Å². The second kappa shape index (κ2) is 7.40. The molecular weight excluding hydrogens is 364 g/mol. The number of hydrogen-bond acceptors (Lipinski definition) is 3. The number of imidazole rings is 1. The van der Waals surface area contributed by atoms with Crippen LogP contribution in [-0.2, 0) is 0 Å². The molecule has 138 valence electrons. The lowest BCUT2D eigenvalue weighted by Crippen LogP contribution is -2.37.